The van der Waals surface area contributed by atoms with Crippen LogP contribution in [0.2, 0.25) is 0 Å². The highest BCUT2D eigenvalue weighted by Gasteiger charge is 2.76. The van der Waals surface area contributed by atoms with Crippen molar-refractivity contribution < 1.29 is 19.2 Å². The Morgan fingerprint density at radius 3 is 0.971 bits per heavy atom. The first-order chi connectivity index (χ1) is 16.6. The number of ketones is 4. The van der Waals surface area contributed by atoms with Crippen molar-refractivity contribution in [1.29, 1.82) is 0 Å². The number of aromatic nitrogens is 2. The first-order valence-electron chi connectivity index (χ1n) is 10.8. The summed E-state index contributed by atoms with van der Waals surface area (Å²) >= 11 is 0. The lowest BCUT2D eigenvalue weighted by atomic mass is 9.54. The van der Waals surface area contributed by atoms with Crippen LogP contribution in [0.4, 0.5) is 0 Å². The zero-order valence-corrected chi connectivity index (χ0v) is 17.8. The molecular formula is C28H16N2O4. The fraction of sp³-hybridized carbons (Fsp3) is 0.0714. The number of carbonyl (C=O) groups is 4. The van der Waals surface area contributed by atoms with Crippen LogP contribution in [-0.4, -0.2) is 33.1 Å². The van der Waals surface area contributed by atoms with Crippen LogP contribution in [0.3, 0.4) is 0 Å². The highest BCUT2D eigenvalue weighted by molar-refractivity contribution is 6.45. The summed E-state index contributed by atoms with van der Waals surface area (Å²) in [6.07, 6.45) is 2.90. The second-order valence-electron chi connectivity index (χ2n) is 8.34. The molecule has 6 rings (SSSR count). The van der Waals surface area contributed by atoms with E-state index in [-0.39, 0.29) is 33.6 Å². The number of Topliss-reactive ketones (excluding diaryl/α,β-unsaturated/α-hetero) is 4. The minimum atomic E-state index is -2.24. The van der Waals surface area contributed by atoms with E-state index < -0.39 is 34.0 Å². The zero-order valence-electron chi connectivity index (χ0n) is 17.8. The summed E-state index contributed by atoms with van der Waals surface area (Å²) in [5.74, 6) is -2.53. The van der Waals surface area contributed by atoms with Crippen LogP contribution in [-0.2, 0) is 10.8 Å². The molecule has 0 atom stereocenters. The zero-order chi connectivity index (χ0) is 23.5. The molecule has 0 radical (unpaired) electrons. The Labute approximate surface area is 194 Å². The summed E-state index contributed by atoms with van der Waals surface area (Å²) in [6, 6.07) is 22.4. The van der Waals surface area contributed by atoms with E-state index in [1.165, 1.54) is 24.5 Å². The molecule has 2 aromatic carbocycles. The van der Waals surface area contributed by atoms with Gasteiger partial charge in [-0.3, -0.25) is 29.1 Å². The van der Waals surface area contributed by atoms with Gasteiger partial charge in [-0.25, -0.2) is 0 Å². The second kappa shape index (κ2) is 6.96. The molecule has 6 nitrogen and oxygen atoms in total. The highest BCUT2D eigenvalue weighted by Crippen LogP contribution is 2.57. The van der Waals surface area contributed by atoms with Gasteiger partial charge in [0.2, 0.25) is 0 Å². The van der Waals surface area contributed by atoms with Crippen LogP contribution < -0.4 is 0 Å². The van der Waals surface area contributed by atoms with Crippen molar-refractivity contribution >= 4 is 23.1 Å². The molecule has 0 saturated heterocycles. The average molecular weight is 444 g/mol. The summed E-state index contributed by atoms with van der Waals surface area (Å²) in [7, 11) is 0. The van der Waals surface area contributed by atoms with Crippen molar-refractivity contribution in [3.05, 3.63) is 131 Å². The summed E-state index contributed by atoms with van der Waals surface area (Å²) in [5.41, 5.74) is -3.76. The van der Waals surface area contributed by atoms with Crippen LogP contribution in [0.25, 0.3) is 0 Å². The largest absolute Gasteiger partial charge is 0.292 e. The van der Waals surface area contributed by atoms with Gasteiger partial charge >= 0.3 is 0 Å². The molecule has 0 saturated carbocycles. The predicted molar refractivity (Wildman–Crippen MR) is 122 cm³/mol. The van der Waals surface area contributed by atoms with Gasteiger partial charge in [-0.05, 0) is 24.3 Å². The molecule has 2 aliphatic carbocycles. The predicted octanol–water partition coefficient (Wildman–Crippen LogP) is 3.81. The maximum absolute atomic E-state index is 14.3. The van der Waals surface area contributed by atoms with E-state index in [2.05, 4.69) is 9.97 Å². The SMILES string of the molecule is O=C1c2ccccc2C(=O)C1(c1ccccn1)C1(c2ccccn2)C(=O)c2ccccc2C1=O. The molecular weight excluding hydrogens is 428 g/mol. The summed E-state index contributed by atoms with van der Waals surface area (Å²) < 4.78 is 0. The Balaban J connectivity index is 1.82. The van der Waals surface area contributed by atoms with Crippen LogP contribution in [0.1, 0.15) is 52.8 Å². The third-order valence-corrected chi connectivity index (χ3v) is 6.86. The number of fused-ring (bicyclic) bond motifs is 2. The van der Waals surface area contributed by atoms with E-state index in [0.717, 1.165) is 0 Å². The molecule has 2 aromatic heterocycles. The number of carbonyl (C=O) groups excluding carboxylic acids is 4. The molecule has 2 aliphatic rings. The van der Waals surface area contributed by atoms with Crippen molar-refractivity contribution in [3.8, 4) is 0 Å². The maximum Gasteiger partial charge on any atom is 0.185 e. The summed E-state index contributed by atoms with van der Waals surface area (Å²) in [5, 5.41) is 0. The van der Waals surface area contributed by atoms with Crippen molar-refractivity contribution in [2.24, 2.45) is 0 Å². The molecule has 0 unspecified atom stereocenters. The van der Waals surface area contributed by atoms with E-state index in [0.29, 0.717) is 0 Å². The third-order valence-electron chi connectivity index (χ3n) is 6.86. The van der Waals surface area contributed by atoms with Crippen LogP contribution in [0.15, 0.2) is 97.3 Å². The van der Waals surface area contributed by atoms with Crippen LogP contribution in [0, 0.1) is 0 Å². The van der Waals surface area contributed by atoms with Gasteiger partial charge in [-0.2, -0.15) is 0 Å². The lowest BCUT2D eigenvalue weighted by Crippen LogP contribution is -2.63. The number of rotatable bonds is 3. The molecule has 0 spiro atoms. The first-order valence-corrected chi connectivity index (χ1v) is 10.8. The quantitative estimate of drug-likeness (QED) is 0.446. The Morgan fingerprint density at radius 2 is 0.706 bits per heavy atom. The first kappa shape index (κ1) is 20.1. The van der Waals surface area contributed by atoms with Gasteiger partial charge in [0, 0.05) is 34.6 Å². The number of pyridine rings is 2. The average Bonchev–Trinajstić information content (AvgIpc) is 3.26. The van der Waals surface area contributed by atoms with E-state index in [1.807, 2.05) is 0 Å². The fourth-order valence-corrected chi connectivity index (χ4v) is 5.47. The normalized spacial score (nSPS) is 17.5. The standard InChI is InChI=1S/C28H16N2O4/c31-23-17-9-1-2-10-18(17)24(32)27(23,21-13-5-7-15-29-21)28(22-14-6-8-16-30-22)25(33)19-11-3-4-12-20(19)26(28)34/h1-16H. The Bertz CT molecular complexity index is 1340. The lowest BCUT2D eigenvalue weighted by molar-refractivity contribution is 0.0547. The van der Waals surface area contributed by atoms with Gasteiger partial charge in [0.25, 0.3) is 0 Å². The maximum atomic E-state index is 14.3. The molecule has 4 aromatic rings. The van der Waals surface area contributed by atoms with Gasteiger partial charge in [0.1, 0.15) is 0 Å². The smallest absolute Gasteiger partial charge is 0.185 e. The van der Waals surface area contributed by atoms with Crippen molar-refractivity contribution in [1.82, 2.24) is 9.97 Å². The Morgan fingerprint density at radius 1 is 0.412 bits per heavy atom. The summed E-state index contributed by atoms with van der Waals surface area (Å²) in [4.78, 5) is 66.2. The highest BCUT2D eigenvalue weighted by atomic mass is 16.2. The van der Waals surface area contributed by atoms with E-state index in [1.54, 1.807) is 72.8 Å². The number of nitrogens with zero attached hydrogens (tertiary/aromatic N) is 2. The molecule has 0 amide bonds. The van der Waals surface area contributed by atoms with Crippen molar-refractivity contribution in [3.63, 3.8) is 0 Å². The molecule has 34 heavy (non-hydrogen) atoms. The molecule has 6 heteroatoms. The van der Waals surface area contributed by atoms with Gasteiger partial charge in [0.15, 0.2) is 34.0 Å². The van der Waals surface area contributed by atoms with Gasteiger partial charge in [0.05, 0.1) is 11.4 Å². The molecule has 162 valence electrons. The van der Waals surface area contributed by atoms with Crippen LogP contribution in [0.5, 0.6) is 0 Å². The topological polar surface area (TPSA) is 94.1 Å². The minimum Gasteiger partial charge on any atom is -0.292 e. The lowest BCUT2D eigenvalue weighted by Gasteiger charge is -2.40. The fourth-order valence-electron chi connectivity index (χ4n) is 5.47. The molecule has 0 aliphatic heterocycles. The van der Waals surface area contributed by atoms with Gasteiger partial charge in [-0.1, -0.05) is 60.7 Å². The van der Waals surface area contributed by atoms with Gasteiger partial charge < -0.3 is 0 Å². The third kappa shape index (κ3) is 2.15. The molecule has 2 heterocycles. The van der Waals surface area contributed by atoms with E-state index in [4.69, 9.17) is 0 Å². The Kier molecular flexibility index (Phi) is 4.10. The van der Waals surface area contributed by atoms with Crippen LogP contribution >= 0.6 is 0 Å². The monoisotopic (exact) mass is 444 g/mol. The number of hydrogen-bond donors (Lipinski definition) is 0. The molecule has 0 fully saturated rings. The minimum absolute atomic E-state index is 0.0429. The van der Waals surface area contributed by atoms with E-state index >= 15 is 0 Å². The summed E-state index contributed by atoms with van der Waals surface area (Å²) in [6.45, 7) is 0. The molecule has 0 N–H and O–H groups in total. The van der Waals surface area contributed by atoms with Gasteiger partial charge in [-0.15, -0.1) is 0 Å². The number of hydrogen-bond acceptors (Lipinski definition) is 6. The Hall–Kier alpha value is -4.58. The number of benzene rings is 2. The van der Waals surface area contributed by atoms with E-state index in [9.17, 15) is 19.2 Å². The van der Waals surface area contributed by atoms with Crippen molar-refractivity contribution in [2.45, 2.75) is 10.8 Å². The van der Waals surface area contributed by atoms with Crippen molar-refractivity contribution in [2.75, 3.05) is 0 Å². The molecule has 0 bridgehead atoms. The second-order valence-corrected chi connectivity index (χ2v) is 8.34.